The van der Waals surface area contributed by atoms with Gasteiger partial charge < -0.3 is 11.1 Å². The molecule has 0 aliphatic heterocycles. The molecule has 2 rings (SSSR count). The number of hydrogen-bond donors (Lipinski definition) is 3. The summed E-state index contributed by atoms with van der Waals surface area (Å²) in [4.78, 5) is 12.2. The Morgan fingerprint density at radius 1 is 1.38 bits per heavy atom. The van der Waals surface area contributed by atoms with Crippen molar-refractivity contribution in [3.63, 3.8) is 0 Å². The van der Waals surface area contributed by atoms with E-state index in [-0.39, 0.29) is 11.9 Å². The number of rotatable bonds is 7. The van der Waals surface area contributed by atoms with E-state index in [1.807, 2.05) is 30.3 Å². The van der Waals surface area contributed by atoms with Gasteiger partial charge in [0.15, 0.2) is 0 Å². The van der Waals surface area contributed by atoms with E-state index >= 15 is 0 Å². The second-order valence-corrected chi connectivity index (χ2v) is 5.08. The fourth-order valence-electron chi connectivity index (χ4n) is 2.16. The third-order valence-electron chi connectivity index (χ3n) is 3.42. The average Bonchev–Trinajstić information content (AvgIpc) is 3.02. The molecule has 1 unspecified atom stereocenters. The first kappa shape index (κ1) is 15.3. The summed E-state index contributed by atoms with van der Waals surface area (Å²) in [5.41, 5.74) is 7.90. The number of nitrogens with two attached hydrogens (primary N) is 1. The Bertz CT molecular complexity index is 565. The zero-order valence-corrected chi connectivity index (χ0v) is 12.3. The Morgan fingerprint density at radius 2 is 2.14 bits per heavy atom. The van der Waals surface area contributed by atoms with Crippen LogP contribution in [0.2, 0.25) is 0 Å². The van der Waals surface area contributed by atoms with Crippen molar-refractivity contribution in [3.8, 4) is 11.3 Å². The first-order valence-corrected chi connectivity index (χ1v) is 7.36. The molecule has 4 N–H and O–H groups in total. The van der Waals surface area contributed by atoms with Gasteiger partial charge in [-0.05, 0) is 12.5 Å². The smallest absolute Gasteiger partial charge is 0.269 e. The molecule has 0 bridgehead atoms. The molecule has 2 aromatic rings. The highest BCUT2D eigenvalue weighted by molar-refractivity contribution is 5.93. The van der Waals surface area contributed by atoms with Crippen LogP contribution in [0.5, 0.6) is 0 Å². The lowest BCUT2D eigenvalue weighted by molar-refractivity contribution is 0.0930. The van der Waals surface area contributed by atoms with Crippen molar-refractivity contribution in [2.24, 2.45) is 5.73 Å². The lowest BCUT2D eigenvalue weighted by atomic mass is 10.1. The van der Waals surface area contributed by atoms with E-state index in [9.17, 15) is 4.79 Å². The van der Waals surface area contributed by atoms with Crippen LogP contribution in [0.25, 0.3) is 11.3 Å². The molecule has 0 aliphatic rings. The van der Waals surface area contributed by atoms with Gasteiger partial charge in [-0.2, -0.15) is 5.10 Å². The molecule has 1 atom stereocenters. The minimum atomic E-state index is -0.156. The van der Waals surface area contributed by atoms with Crippen LogP contribution < -0.4 is 11.1 Å². The molecule has 1 amide bonds. The molecular formula is C16H22N4O. The lowest BCUT2D eigenvalue weighted by Crippen LogP contribution is -2.40. The number of carbonyl (C=O) groups is 1. The molecule has 0 aliphatic carbocycles. The van der Waals surface area contributed by atoms with E-state index in [2.05, 4.69) is 22.4 Å². The fourth-order valence-corrected chi connectivity index (χ4v) is 2.16. The van der Waals surface area contributed by atoms with Crippen LogP contribution in [0.1, 0.15) is 36.7 Å². The molecule has 0 saturated heterocycles. The summed E-state index contributed by atoms with van der Waals surface area (Å²) in [7, 11) is 0. The van der Waals surface area contributed by atoms with Crippen LogP contribution in [-0.4, -0.2) is 28.7 Å². The Kier molecular flexibility index (Phi) is 5.51. The van der Waals surface area contributed by atoms with Gasteiger partial charge in [-0.3, -0.25) is 9.89 Å². The maximum Gasteiger partial charge on any atom is 0.269 e. The van der Waals surface area contributed by atoms with Gasteiger partial charge in [0.05, 0.1) is 5.69 Å². The maximum atomic E-state index is 12.2. The van der Waals surface area contributed by atoms with Gasteiger partial charge in [0.2, 0.25) is 0 Å². The van der Waals surface area contributed by atoms with Crippen LogP contribution in [0.3, 0.4) is 0 Å². The molecule has 21 heavy (non-hydrogen) atoms. The first-order chi connectivity index (χ1) is 10.2. The summed E-state index contributed by atoms with van der Waals surface area (Å²) in [6, 6.07) is 11.5. The van der Waals surface area contributed by atoms with Gasteiger partial charge in [-0.15, -0.1) is 0 Å². The third kappa shape index (κ3) is 4.16. The number of aromatic nitrogens is 2. The third-order valence-corrected chi connectivity index (χ3v) is 3.42. The van der Waals surface area contributed by atoms with E-state index in [4.69, 9.17) is 5.73 Å². The molecule has 1 heterocycles. The second-order valence-electron chi connectivity index (χ2n) is 5.08. The fraction of sp³-hybridized carbons (Fsp3) is 0.375. The SMILES string of the molecule is CCCCC(CN)NC(=O)c1cc(-c2ccccc2)n[nH]1. The minimum absolute atomic E-state index is 0.0147. The summed E-state index contributed by atoms with van der Waals surface area (Å²) in [5, 5.41) is 9.92. The Balaban J connectivity index is 2.02. The van der Waals surface area contributed by atoms with Crippen LogP contribution in [0, 0.1) is 0 Å². The first-order valence-electron chi connectivity index (χ1n) is 7.36. The number of nitrogens with zero attached hydrogens (tertiary/aromatic N) is 1. The van der Waals surface area contributed by atoms with Crippen molar-refractivity contribution in [2.45, 2.75) is 32.2 Å². The van der Waals surface area contributed by atoms with Gasteiger partial charge in [0.1, 0.15) is 5.69 Å². The summed E-state index contributed by atoms with van der Waals surface area (Å²) in [6.07, 6.45) is 3.05. The minimum Gasteiger partial charge on any atom is -0.347 e. The quantitative estimate of drug-likeness (QED) is 0.730. The number of benzene rings is 1. The molecule has 5 nitrogen and oxygen atoms in total. The molecular weight excluding hydrogens is 264 g/mol. The zero-order chi connectivity index (χ0) is 15.1. The molecule has 0 spiro atoms. The normalized spacial score (nSPS) is 12.1. The van der Waals surface area contributed by atoms with Gasteiger partial charge in [0.25, 0.3) is 5.91 Å². The summed E-state index contributed by atoms with van der Waals surface area (Å²) in [5.74, 6) is -0.156. The predicted molar refractivity (Wildman–Crippen MR) is 83.9 cm³/mol. The van der Waals surface area contributed by atoms with Crippen molar-refractivity contribution in [1.29, 1.82) is 0 Å². The van der Waals surface area contributed by atoms with Crippen LogP contribution in [-0.2, 0) is 0 Å². The maximum absolute atomic E-state index is 12.2. The van der Waals surface area contributed by atoms with Crippen molar-refractivity contribution in [3.05, 3.63) is 42.1 Å². The lowest BCUT2D eigenvalue weighted by Gasteiger charge is -2.15. The zero-order valence-electron chi connectivity index (χ0n) is 12.3. The summed E-state index contributed by atoms with van der Waals surface area (Å²) in [6.45, 7) is 2.57. The molecule has 1 aromatic heterocycles. The molecule has 0 saturated carbocycles. The van der Waals surface area contributed by atoms with E-state index in [0.29, 0.717) is 12.2 Å². The topological polar surface area (TPSA) is 83.8 Å². The molecule has 0 radical (unpaired) electrons. The molecule has 0 fully saturated rings. The largest absolute Gasteiger partial charge is 0.347 e. The van der Waals surface area contributed by atoms with E-state index in [1.165, 1.54) is 0 Å². The van der Waals surface area contributed by atoms with E-state index in [1.54, 1.807) is 6.07 Å². The van der Waals surface area contributed by atoms with Crippen molar-refractivity contribution >= 4 is 5.91 Å². The van der Waals surface area contributed by atoms with Gasteiger partial charge in [0, 0.05) is 18.2 Å². The Hall–Kier alpha value is -2.14. The second kappa shape index (κ2) is 7.59. The molecule has 1 aromatic carbocycles. The summed E-state index contributed by atoms with van der Waals surface area (Å²) >= 11 is 0. The number of unbranched alkanes of at least 4 members (excludes halogenated alkanes) is 1. The van der Waals surface area contributed by atoms with Crippen molar-refractivity contribution in [1.82, 2.24) is 15.5 Å². The van der Waals surface area contributed by atoms with Crippen LogP contribution in [0.4, 0.5) is 0 Å². The number of aromatic amines is 1. The monoisotopic (exact) mass is 286 g/mol. The van der Waals surface area contributed by atoms with Crippen LogP contribution >= 0.6 is 0 Å². The van der Waals surface area contributed by atoms with Crippen molar-refractivity contribution < 1.29 is 4.79 Å². The van der Waals surface area contributed by atoms with E-state index in [0.717, 1.165) is 30.5 Å². The molecule has 5 heteroatoms. The number of hydrogen-bond acceptors (Lipinski definition) is 3. The van der Waals surface area contributed by atoms with Gasteiger partial charge in [-0.25, -0.2) is 0 Å². The molecule has 112 valence electrons. The number of carbonyl (C=O) groups excluding carboxylic acids is 1. The standard InChI is InChI=1S/C16H22N4O/c1-2-3-9-13(11-17)18-16(21)15-10-14(19-20-15)12-7-5-4-6-8-12/h4-8,10,13H,2-3,9,11,17H2,1H3,(H,18,21)(H,19,20). The Morgan fingerprint density at radius 3 is 2.81 bits per heavy atom. The predicted octanol–water partition coefficient (Wildman–Crippen LogP) is 2.32. The average molecular weight is 286 g/mol. The highest BCUT2D eigenvalue weighted by atomic mass is 16.2. The number of nitrogens with one attached hydrogen (secondary N) is 2. The summed E-state index contributed by atoms with van der Waals surface area (Å²) < 4.78 is 0. The Labute approximate surface area is 124 Å². The van der Waals surface area contributed by atoms with E-state index < -0.39 is 0 Å². The highest BCUT2D eigenvalue weighted by Gasteiger charge is 2.14. The van der Waals surface area contributed by atoms with Gasteiger partial charge >= 0.3 is 0 Å². The number of H-pyrrole nitrogens is 1. The highest BCUT2D eigenvalue weighted by Crippen LogP contribution is 2.16. The number of amides is 1. The van der Waals surface area contributed by atoms with Crippen LogP contribution in [0.15, 0.2) is 36.4 Å². The van der Waals surface area contributed by atoms with Gasteiger partial charge in [-0.1, -0.05) is 50.1 Å². The van der Waals surface area contributed by atoms with Crippen molar-refractivity contribution in [2.75, 3.05) is 6.54 Å².